The maximum atomic E-state index is 12.6. The van der Waals surface area contributed by atoms with Gasteiger partial charge in [-0.05, 0) is 44.7 Å². The van der Waals surface area contributed by atoms with Crippen LogP contribution in [0, 0.1) is 5.92 Å². The number of rotatable bonds is 5. The molecule has 0 aromatic rings. The molecule has 0 amide bonds. The molecule has 0 unspecified atom stereocenters. The van der Waals surface area contributed by atoms with Crippen LogP contribution >= 0.6 is 0 Å². The number of hydrogen-bond acceptors (Lipinski definition) is 3. The van der Waals surface area contributed by atoms with Gasteiger partial charge < -0.3 is 5.32 Å². The van der Waals surface area contributed by atoms with Crippen molar-refractivity contribution in [3.63, 3.8) is 0 Å². The normalized spacial score (nSPS) is 23.6. The summed E-state index contributed by atoms with van der Waals surface area (Å²) >= 11 is 0. The second-order valence-electron chi connectivity index (χ2n) is 6.29. The van der Waals surface area contributed by atoms with E-state index in [1.54, 1.807) is 22.7 Å². The Hall–Kier alpha value is -0.170. The van der Waals surface area contributed by atoms with Crippen molar-refractivity contribution >= 4 is 10.2 Å². The molecule has 0 radical (unpaired) electrons. The van der Waals surface area contributed by atoms with Crippen LogP contribution in [0.2, 0.25) is 0 Å². The fraction of sp³-hybridized carbons (Fsp3) is 1.00. The van der Waals surface area contributed by atoms with Crippen LogP contribution in [-0.4, -0.2) is 56.8 Å². The van der Waals surface area contributed by atoms with Crippen molar-refractivity contribution in [1.29, 1.82) is 0 Å². The van der Waals surface area contributed by atoms with Gasteiger partial charge in [-0.15, -0.1) is 0 Å². The van der Waals surface area contributed by atoms with E-state index in [1.807, 2.05) is 0 Å². The minimum absolute atomic E-state index is 0.198. The monoisotopic (exact) mass is 303 g/mol. The van der Waals surface area contributed by atoms with Crippen molar-refractivity contribution < 1.29 is 8.42 Å². The Balaban J connectivity index is 1.93. The number of nitrogens with one attached hydrogen (secondary N) is 1. The Morgan fingerprint density at radius 1 is 1.00 bits per heavy atom. The molecule has 1 saturated heterocycles. The van der Waals surface area contributed by atoms with Gasteiger partial charge in [0.2, 0.25) is 0 Å². The third-order valence-corrected chi connectivity index (χ3v) is 6.78. The third-order valence-electron chi connectivity index (χ3n) is 4.82. The highest BCUT2D eigenvalue weighted by molar-refractivity contribution is 7.86. The largest absolute Gasteiger partial charge is 0.317 e. The lowest BCUT2D eigenvalue weighted by molar-refractivity contribution is 0.254. The average Bonchev–Trinajstić information content (AvgIpc) is 2.48. The highest BCUT2D eigenvalue weighted by atomic mass is 32.2. The first kappa shape index (κ1) is 16.2. The molecule has 2 aliphatic rings. The summed E-state index contributed by atoms with van der Waals surface area (Å²) in [6, 6.07) is 0.198. The molecule has 0 aromatic carbocycles. The predicted octanol–water partition coefficient (Wildman–Crippen LogP) is 1.43. The molecule has 1 heterocycles. The van der Waals surface area contributed by atoms with Crippen LogP contribution in [0.15, 0.2) is 0 Å². The highest BCUT2D eigenvalue weighted by Crippen LogP contribution is 2.25. The molecule has 0 atom stereocenters. The summed E-state index contributed by atoms with van der Waals surface area (Å²) in [6.07, 6.45) is 7.73. The highest BCUT2D eigenvalue weighted by Gasteiger charge is 2.31. The van der Waals surface area contributed by atoms with Gasteiger partial charge >= 0.3 is 0 Å². The van der Waals surface area contributed by atoms with E-state index in [4.69, 9.17) is 0 Å². The van der Waals surface area contributed by atoms with Crippen molar-refractivity contribution in [3.8, 4) is 0 Å². The van der Waals surface area contributed by atoms with Crippen LogP contribution < -0.4 is 5.32 Å². The summed E-state index contributed by atoms with van der Waals surface area (Å²) in [5.41, 5.74) is 0. The number of nitrogens with zero attached hydrogens (tertiary/aromatic N) is 2. The van der Waals surface area contributed by atoms with E-state index in [9.17, 15) is 8.42 Å². The van der Waals surface area contributed by atoms with Crippen molar-refractivity contribution in [2.45, 2.75) is 51.0 Å². The summed E-state index contributed by atoms with van der Waals surface area (Å²) in [5, 5.41) is 3.32. The maximum Gasteiger partial charge on any atom is 0.281 e. The summed E-state index contributed by atoms with van der Waals surface area (Å²) in [4.78, 5) is 0. The van der Waals surface area contributed by atoms with Gasteiger partial charge in [-0.2, -0.15) is 17.0 Å². The van der Waals surface area contributed by atoms with E-state index in [0.717, 1.165) is 51.6 Å². The number of piperidine rings is 1. The summed E-state index contributed by atoms with van der Waals surface area (Å²) in [5.74, 6) is 0.496. The van der Waals surface area contributed by atoms with Gasteiger partial charge in [-0.3, -0.25) is 0 Å². The number of hydrogen-bond donors (Lipinski definition) is 1. The molecule has 20 heavy (non-hydrogen) atoms. The molecule has 0 spiro atoms. The first-order valence-electron chi connectivity index (χ1n) is 7.92. The molecule has 1 N–H and O–H groups in total. The Kier molecular flexibility index (Phi) is 5.84. The maximum absolute atomic E-state index is 12.6. The minimum atomic E-state index is -3.29. The lowest BCUT2D eigenvalue weighted by atomic mass is 9.96. The molecular formula is C14H29N3O2S. The van der Waals surface area contributed by atoms with Gasteiger partial charge in [0.05, 0.1) is 0 Å². The van der Waals surface area contributed by atoms with E-state index in [0.29, 0.717) is 12.5 Å². The smallest absolute Gasteiger partial charge is 0.281 e. The molecule has 1 aliphatic carbocycles. The SMILES string of the molecule is CN(CC1CCNCC1)S(=O)(=O)N(C)C1CCCCC1. The van der Waals surface area contributed by atoms with Gasteiger partial charge in [-0.25, -0.2) is 0 Å². The lowest BCUT2D eigenvalue weighted by Crippen LogP contribution is -2.47. The van der Waals surface area contributed by atoms with Crippen LogP contribution in [0.1, 0.15) is 44.9 Å². The summed E-state index contributed by atoms with van der Waals surface area (Å²) in [6.45, 7) is 2.68. The summed E-state index contributed by atoms with van der Waals surface area (Å²) in [7, 11) is 0.195. The summed E-state index contributed by atoms with van der Waals surface area (Å²) < 4.78 is 28.5. The molecule has 0 aromatic heterocycles. The molecule has 0 bridgehead atoms. The van der Waals surface area contributed by atoms with Crippen LogP contribution in [0.4, 0.5) is 0 Å². The van der Waals surface area contributed by atoms with Crippen LogP contribution in [-0.2, 0) is 10.2 Å². The van der Waals surface area contributed by atoms with E-state index >= 15 is 0 Å². The standard InChI is InChI=1S/C14H29N3O2S/c1-16(12-13-8-10-15-11-9-13)20(18,19)17(2)14-6-4-3-5-7-14/h13-15H,3-12H2,1-2H3. The molecular weight excluding hydrogens is 274 g/mol. The van der Waals surface area contributed by atoms with Gasteiger partial charge in [0.1, 0.15) is 0 Å². The van der Waals surface area contributed by atoms with Crippen LogP contribution in [0.25, 0.3) is 0 Å². The topological polar surface area (TPSA) is 52.7 Å². The zero-order chi connectivity index (χ0) is 14.6. The fourth-order valence-corrected chi connectivity index (χ4v) is 4.80. The van der Waals surface area contributed by atoms with Crippen LogP contribution in [0.3, 0.4) is 0 Å². The van der Waals surface area contributed by atoms with Gasteiger partial charge in [0, 0.05) is 26.7 Å². The molecule has 1 saturated carbocycles. The van der Waals surface area contributed by atoms with E-state index in [2.05, 4.69) is 5.32 Å². The Morgan fingerprint density at radius 3 is 2.20 bits per heavy atom. The molecule has 1 aliphatic heterocycles. The zero-order valence-corrected chi connectivity index (χ0v) is 13.7. The molecule has 2 fully saturated rings. The first-order valence-corrected chi connectivity index (χ1v) is 9.31. The average molecular weight is 303 g/mol. The molecule has 118 valence electrons. The first-order chi connectivity index (χ1) is 9.51. The van der Waals surface area contributed by atoms with E-state index in [-0.39, 0.29) is 6.04 Å². The van der Waals surface area contributed by atoms with Crippen molar-refractivity contribution in [3.05, 3.63) is 0 Å². The quantitative estimate of drug-likeness (QED) is 0.836. The Bertz CT molecular complexity index is 387. The van der Waals surface area contributed by atoms with E-state index in [1.165, 1.54) is 6.42 Å². The van der Waals surface area contributed by atoms with Crippen molar-refractivity contribution in [2.24, 2.45) is 5.92 Å². The second-order valence-corrected chi connectivity index (χ2v) is 8.38. The molecule has 2 rings (SSSR count). The van der Waals surface area contributed by atoms with Gasteiger partial charge in [-0.1, -0.05) is 19.3 Å². The van der Waals surface area contributed by atoms with Gasteiger partial charge in [0.15, 0.2) is 0 Å². The minimum Gasteiger partial charge on any atom is -0.317 e. The van der Waals surface area contributed by atoms with Crippen molar-refractivity contribution in [1.82, 2.24) is 13.9 Å². The lowest BCUT2D eigenvalue weighted by Gasteiger charge is -2.35. The third kappa shape index (κ3) is 3.93. The zero-order valence-electron chi connectivity index (χ0n) is 12.8. The van der Waals surface area contributed by atoms with Gasteiger partial charge in [0.25, 0.3) is 10.2 Å². The molecule has 6 heteroatoms. The van der Waals surface area contributed by atoms with Crippen molar-refractivity contribution in [2.75, 3.05) is 33.7 Å². The Labute approximate surface area is 123 Å². The molecule has 5 nitrogen and oxygen atoms in total. The van der Waals surface area contributed by atoms with E-state index < -0.39 is 10.2 Å². The Morgan fingerprint density at radius 2 is 1.60 bits per heavy atom. The fourth-order valence-electron chi connectivity index (χ4n) is 3.37. The predicted molar refractivity (Wildman–Crippen MR) is 81.8 cm³/mol. The second kappa shape index (κ2) is 7.20. The van der Waals surface area contributed by atoms with Crippen LogP contribution in [0.5, 0.6) is 0 Å².